The number of amides is 1. The van der Waals surface area contributed by atoms with Crippen LogP contribution in [0.1, 0.15) is 20.1 Å². The summed E-state index contributed by atoms with van der Waals surface area (Å²) in [6.45, 7) is 0.284. The molecule has 138 valence electrons. The quantitative estimate of drug-likeness (QED) is 0.366. The summed E-state index contributed by atoms with van der Waals surface area (Å²) in [5, 5.41) is 6.76. The van der Waals surface area contributed by atoms with Crippen LogP contribution in [0.25, 0.3) is 0 Å². The third-order valence-electron chi connectivity index (χ3n) is 3.67. The molecule has 0 saturated heterocycles. The van der Waals surface area contributed by atoms with Crippen molar-refractivity contribution in [2.24, 2.45) is 5.16 Å². The number of anilines is 2. The van der Waals surface area contributed by atoms with Crippen molar-refractivity contribution in [1.29, 1.82) is 0 Å². The van der Waals surface area contributed by atoms with E-state index in [1.807, 2.05) is 42.5 Å². The largest absolute Gasteiger partial charge is 0.497 e. The fourth-order valence-corrected chi connectivity index (χ4v) is 3.10. The van der Waals surface area contributed by atoms with Gasteiger partial charge >= 0.3 is 0 Å². The molecule has 1 aromatic heterocycles. The van der Waals surface area contributed by atoms with Gasteiger partial charge in [-0.1, -0.05) is 29.4 Å². The number of methoxy groups -OCH3 is 1. The molecule has 0 atom stereocenters. The van der Waals surface area contributed by atoms with Crippen LogP contribution in [0.15, 0.2) is 65.8 Å². The first kappa shape index (κ1) is 18.5. The highest BCUT2D eigenvalue weighted by atomic mass is 32.1. The minimum absolute atomic E-state index is 0.205. The van der Waals surface area contributed by atoms with E-state index in [9.17, 15) is 4.79 Å². The van der Waals surface area contributed by atoms with Gasteiger partial charge in [-0.3, -0.25) is 4.79 Å². The number of thiophene rings is 1. The molecule has 0 spiro atoms. The molecule has 0 aliphatic rings. The number of hydrogen-bond donors (Lipinski definition) is 2. The van der Waals surface area contributed by atoms with E-state index in [-0.39, 0.29) is 12.5 Å². The zero-order chi connectivity index (χ0) is 19.1. The number of hydrogen-bond acceptors (Lipinski definition) is 6. The van der Waals surface area contributed by atoms with Crippen LogP contribution in [0.4, 0.5) is 11.4 Å². The summed E-state index contributed by atoms with van der Waals surface area (Å²) in [7, 11) is 1.61. The SMILES string of the molecule is COc1cccc(C=NOCc2ccc(C(=O)Nc3ccccc3N)s2)c1. The molecule has 2 aromatic carbocycles. The zero-order valence-electron chi connectivity index (χ0n) is 14.7. The second-order valence-electron chi connectivity index (χ2n) is 5.59. The molecule has 0 aliphatic carbocycles. The molecule has 3 aromatic rings. The Bertz CT molecular complexity index is 953. The molecular weight excluding hydrogens is 362 g/mol. The molecule has 0 fully saturated rings. The molecule has 3 rings (SSSR count). The normalized spacial score (nSPS) is 10.7. The minimum Gasteiger partial charge on any atom is -0.497 e. The molecule has 3 N–H and O–H groups in total. The van der Waals surface area contributed by atoms with E-state index in [1.54, 1.807) is 31.5 Å². The Morgan fingerprint density at radius 1 is 1.19 bits per heavy atom. The summed E-state index contributed by atoms with van der Waals surface area (Å²) >= 11 is 1.35. The van der Waals surface area contributed by atoms with E-state index in [2.05, 4.69) is 10.5 Å². The monoisotopic (exact) mass is 381 g/mol. The number of nitrogen functional groups attached to an aromatic ring is 1. The van der Waals surface area contributed by atoms with Gasteiger partial charge in [0.2, 0.25) is 0 Å². The van der Waals surface area contributed by atoms with Crippen LogP contribution < -0.4 is 15.8 Å². The summed E-state index contributed by atoms with van der Waals surface area (Å²) in [6.07, 6.45) is 1.61. The van der Waals surface area contributed by atoms with Crippen molar-refractivity contribution in [2.75, 3.05) is 18.2 Å². The van der Waals surface area contributed by atoms with E-state index >= 15 is 0 Å². The summed E-state index contributed by atoms with van der Waals surface area (Å²) in [5.41, 5.74) is 7.84. The number of ether oxygens (including phenoxy) is 1. The Morgan fingerprint density at radius 3 is 2.85 bits per heavy atom. The van der Waals surface area contributed by atoms with Crippen LogP contribution in [0.3, 0.4) is 0 Å². The Labute approximate surface area is 161 Å². The lowest BCUT2D eigenvalue weighted by Crippen LogP contribution is -2.11. The van der Waals surface area contributed by atoms with E-state index in [0.717, 1.165) is 16.2 Å². The average Bonchev–Trinajstić information content (AvgIpc) is 3.16. The maximum absolute atomic E-state index is 12.3. The van der Waals surface area contributed by atoms with E-state index in [4.69, 9.17) is 15.3 Å². The first-order valence-electron chi connectivity index (χ1n) is 8.19. The Morgan fingerprint density at radius 2 is 2.04 bits per heavy atom. The molecule has 27 heavy (non-hydrogen) atoms. The molecule has 0 unspecified atom stereocenters. The lowest BCUT2D eigenvalue weighted by molar-refractivity contribution is 0.103. The smallest absolute Gasteiger partial charge is 0.265 e. The Kier molecular flexibility index (Phi) is 6.06. The maximum Gasteiger partial charge on any atom is 0.265 e. The average molecular weight is 381 g/mol. The molecule has 0 aliphatic heterocycles. The Hall–Kier alpha value is -3.32. The van der Waals surface area contributed by atoms with Gasteiger partial charge in [0.25, 0.3) is 5.91 Å². The standard InChI is InChI=1S/C20H19N3O3S/c1-25-15-6-4-5-14(11-15)12-22-26-13-16-9-10-19(27-16)20(24)23-18-8-3-2-7-17(18)21/h2-12H,13,21H2,1H3,(H,23,24). The number of rotatable bonds is 7. The lowest BCUT2D eigenvalue weighted by atomic mass is 10.2. The topological polar surface area (TPSA) is 85.9 Å². The predicted octanol–water partition coefficient (Wildman–Crippen LogP) is 4.14. The second kappa shape index (κ2) is 8.86. The van der Waals surface area contributed by atoms with Crippen molar-refractivity contribution in [3.63, 3.8) is 0 Å². The zero-order valence-corrected chi connectivity index (χ0v) is 15.5. The van der Waals surface area contributed by atoms with Crippen molar-refractivity contribution >= 4 is 34.8 Å². The van der Waals surface area contributed by atoms with Crippen LogP contribution >= 0.6 is 11.3 Å². The number of nitrogens with two attached hydrogens (primary N) is 1. The van der Waals surface area contributed by atoms with Gasteiger partial charge in [0.1, 0.15) is 5.75 Å². The molecule has 1 amide bonds. The predicted molar refractivity (Wildman–Crippen MR) is 109 cm³/mol. The number of benzene rings is 2. The highest BCUT2D eigenvalue weighted by Crippen LogP contribution is 2.22. The van der Waals surface area contributed by atoms with Gasteiger partial charge in [0, 0.05) is 4.88 Å². The van der Waals surface area contributed by atoms with Gasteiger partial charge in [0.05, 0.1) is 29.6 Å². The summed E-state index contributed by atoms with van der Waals surface area (Å²) in [6, 6.07) is 18.2. The minimum atomic E-state index is -0.205. The first-order valence-corrected chi connectivity index (χ1v) is 9.01. The molecule has 6 nitrogen and oxygen atoms in total. The van der Waals surface area contributed by atoms with Crippen molar-refractivity contribution in [2.45, 2.75) is 6.61 Å². The van der Waals surface area contributed by atoms with Crippen molar-refractivity contribution in [1.82, 2.24) is 0 Å². The fourth-order valence-electron chi connectivity index (χ4n) is 2.29. The van der Waals surface area contributed by atoms with Crippen molar-refractivity contribution in [3.8, 4) is 5.75 Å². The van der Waals surface area contributed by atoms with Crippen LogP contribution in [0.5, 0.6) is 5.75 Å². The second-order valence-corrected chi connectivity index (χ2v) is 6.76. The number of oxime groups is 1. The molecule has 0 saturated carbocycles. The van der Waals surface area contributed by atoms with E-state index in [0.29, 0.717) is 16.3 Å². The molecule has 0 bridgehead atoms. The van der Waals surface area contributed by atoms with Crippen molar-refractivity contribution < 1.29 is 14.4 Å². The first-order chi connectivity index (χ1) is 13.2. The Balaban J connectivity index is 1.54. The van der Waals surface area contributed by atoms with Crippen LogP contribution in [-0.2, 0) is 11.4 Å². The molecule has 1 heterocycles. The fraction of sp³-hybridized carbons (Fsp3) is 0.100. The van der Waals surface area contributed by atoms with Gasteiger partial charge in [-0.05, 0) is 42.0 Å². The number of para-hydroxylation sites is 2. The summed E-state index contributed by atoms with van der Waals surface area (Å²) < 4.78 is 5.16. The summed E-state index contributed by atoms with van der Waals surface area (Å²) in [5.74, 6) is 0.552. The van der Waals surface area contributed by atoms with Crippen LogP contribution in [0.2, 0.25) is 0 Å². The lowest BCUT2D eigenvalue weighted by Gasteiger charge is -2.06. The van der Waals surface area contributed by atoms with E-state index < -0.39 is 0 Å². The maximum atomic E-state index is 12.3. The van der Waals surface area contributed by atoms with Gasteiger partial charge in [-0.2, -0.15) is 0 Å². The van der Waals surface area contributed by atoms with Gasteiger partial charge in [-0.15, -0.1) is 11.3 Å². The number of nitrogens with zero attached hydrogens (tertiary/aromatic N) is 1. The molecule has 0 radical (unpaired) electrons. The van der Waals surface area contributed by atoms with Gasteiger partial charge in [-0.25, -0.2) is 0 Å². The highest BCUT2D eigenvalue weighted by molar-refractivity contribution is 7.14. The number of carbonyl (C=O) groups excluding carboxylic acids is 1. The summed E-state index contributed by atoms with van der Waals surface area (Å²) in [4.78, 5) is 19.1. The third-order valence-corrected chi connectivity index (χ3v) is 4.73. The van der Waals surface area contributed by atoms with E-state index in [1.165, 1.54) is 11.3 Å². The molecule has 7 heteroatoms. The van der Waals surface area contributed by atoms with Crippen molar-refractivity contribution in [3.05, 3.63) is 76.0 Å². The van der Waals surface area contributed by atoms with Crippen LogP contribution in [-0.4, -0.2) is 19.2 Å². The third kappa shape index (κ3) is 5.08. The van der Waals surface area contributed by atoms with Gasteiger partial charge in [0.15, 0.2) is 6.61 Å². The highest BCUT2D eigenvalue weighted by Gasteiger charge is 2.11. The van der Waals surface area contributed by atoms with Crippen LogP contribution in [0, 0.1) is 0 Å². The number of nitrogens with one attached hydrogen (secondary N) is 1. The number of carbonyl (C=O) groups is 1. The van der Waals surface area contributed by atoms with Gasteiger partial charge < -0.3 is 20.6 Å². The molecular formula is C20H19N3O3S.